The summed E-state index contributed by atoms with van der Waals surface area (Å²) in [5.74, 6) is -0.478. The number of ether oxygens (including phenoxy) is 1. The minimum atomic E-state index is -0.404. The first-order valence-electron chi connectivity index (χ1n) is 6.10. The van der Waals surface area contributed by atoms with Crippen LogP contribution in [0.15, 0.2) is 15.9 Å². The monoisotopic (exact) mass is 358 g/mol. The number of halogens is 1. The Kier molecular flexibility index (Phi) is 4.49. The van der Waals surface area contributed by atoms with E-state index in [-0.39, 0.29) is 12.5 Å². The second-order valence-corrected chi connectivity index (χ2v) is 6.89. The average molecular weight is 359 g/mol. The molecular formula is C13H15BrN2O3S. The van der Waals surface area contributed by atoms with Gasteiger partial charge in [0.15, 0.2) is 0 Å². The molecule has 2 aromatic rings. The van der Waals surface area contributed by atoms with Crippen molar-refractivity contribution in [2.24, 2.45) is 0 Å². The predicted octanol–water partition coefficient (Wildman–Crippen LogP) is 2.73. The summed E-state index contributed by atoms with van der Waals surface area (Å²) >= 11 is 4.94. The Bertz CT molecular complexity index is 660. The fourth-order valence-electron chi connectivity index (χ4n) is 1.83. The van der Waals surface area contributed by atoms with Gasteiger partial charge in [-0.15, -0.1) is 11.3 Å². The first-order chi connectivity index (χ1) is 9.43. The third kappa shape index (κ3) is 2.88. The zero-order chi connectivity index (χ0) is 14.9. The van der Waals surface area contributed by atoms with Crippen molar-refractivity contribution in [3.8, 4) is 0 Å². The maximum Gasteiger partial charge on any atom is 0.355 e. The Labute approximate surface area is 129 Å². The van der Waals surface area contributed by atoms with Crippen molar-refractivity contribution < 1.29 is 14.3 Å². The van der Waals surface area contributed by atoms with Crippen molar-refractivity contribution in [1.82, 2.24) is 9.47 Å². The SMILES string of the molecule is CCOC(=O)c1cc2sc(Br)cc2n1CC(=O)N(C)C. The summed E-state index contributed by atoms with van der Waals surface area (Å²) in [7, 11) is 3.38. The molecule has 0 aliphatic heterocycles. The van der Waals surface area contributed by atoms with Crippen molar-refractivity contribution in [3.63, 3.8) is 0 Å². The number of hydrogen-bond donors (Lipinski definition) is 0. The summed E-state index contributed by atoms with van der Waals surface area (Å²) in [5.41, 5.74) is 1.27. The molecule has 0 aliphatic rings. The quantitative estimate of drug-likeness (QED) is 0.789. The number of carbonyl (C=O) groups is 2. The van der Waals surface area contributed by atoms with Crippen LogP contribution in [0.25, 0.3) is 10.2 Å². The molecule has 0 fully saturated rings. The van der Waals surface area contributed by atoms with Crippen molar-refractivity contribution in [2.75, 3.05) is 20.7 Å². The molecule has 20 heavy (non-hydrogen) atoms. The van der Waals surface area contributed by atoms with Crippen molar-refractivity contribution in [2.45, 2.75) is 13.5 Å². The number of amides is 1. The minimum absolute atomic E-state index is 0.0737. The Morgan fingerprint density at radius 3 is 2.70 bits per heavy atom. The molecule has 0 N–H and O–H groups in total. The van der Waals surface area contributed by atoms with Gasteiger partial charge in [0.25, 0.3) is 0 Å². The molecule has 0 radical (unpaired) electrons. The van der Waals surface area contributed by atoms with Gasteiger partial charge in [-0.1, -0.05) is 0 Å². The van der Waals surface area contributed by atoms with Crippen LogP contribution in [-0.4, -0.2) is 42.0 Å². The number of thiophene rings is 1. The fraction of sp³-hybridized carbons (Fsp3) is 0.385. The maximum absolute atomic E-state index is 12.0. The number of esters is 1. The molecule has 2 rings (SSSR count). The van der Waals surface area contributed by atoms with Crippen LogP contribution in [0.2, 0.25) is 0 Å². The second-order valence-electron chi connectivity index (χ2n) is 4.42. The number of likely N-dealkylation sites (N-methyl/N-ethyl adjacent to an activating group) is 1. The van der Waals surface area contributed by atoms with Crippen LogP contribution in [0.5, 0.6) is 0 Å². The summed E-state index contributed by atoms with van der Waals surface area (Å²) in [5, 5.41) is 0. The highest BCUT2D eigenvalue weighted by molar-refractivity contribution is 9.11. The summed E-state index contributed by atoms with van der Waals surface area (Å²) < 4.78 is 8.67. The van der Waals surface area contributed by atoms with E-state index in [1.54, 1.807) is 31.7 Å². The van der Waals surface area contributed by atoms with Crippen LogP contribution in [0.4, 0.5) is 0 Å². The smallest absolute Gasteiger partial charge is 0.355 e. The van der Waals surface area contributed by atoms with Crippen molar-refractivity contribution in [3.05, 3.63) is 21.6 Å². The summed E-state index contributed by atoms with van der Waals surface area (Å²) in [6.07, 6.45) is 0. The van der Waals surface area contributed by atoms with Gasteiger partial charge < -0.3 is 14.2 Å². The van der Waals surface area contributed by atoms with Crippen LogP contribution in [-0.2, 0) is 16.1 Å². The summed E-state index contributed by atoms with van der Waals surface area (Å²) in [6, 6.07) is 3.68. The lowest BCUT2D eigenvalue weighted by Gasteiger charge is -2.13. The van der Waals surface area contributed by atoms with E-state index in [2.05, 4.69) is 15.9 Å². The molecule has 0 aromatic carbocycles. The number of carbonyl (C=O) groups excluding carboxylic acids is 2. The van der Waals surface area contributed by atoms with E-state index in [9.17, 15) is 9.59 Å². The fourth-order valence-corrected chi connectivity index (χ4v) is 3.40. The lowest BCUT2D eigenvalue weighted by atomic mass is 10.4. The largest absolute Gasteiger partial charge is 0.461 e. The normalized spacial score (nSPS) is 10.8. The Morgan fingerprint density at radius 1 is 1.40 bits per heavy atom. The highest BCUT2D eigenvalue weighted by atomic mass is 79.9. The van der Waals surface area contributed by atoms with Gasteiger partial charge in [0.05, 0.1) is 20.6 Å². The average Bonchev–Trinajstić information content (AvgIpc) is 2.87. The Balaban J connectivity index is 2.48. The van der Waals surface area contributed by atoms with Gasteiger partial charge in [0.2, 0.25) is 5.91 Å². The zero-order valence-electron chi connectivity index (χ0n) is 11.5. The Hall–Kier alpha value is -1.34. The van der Waals surface area contributed by atoms with E-state index in [0.29, 0.717) is 12.3 Å². The maximum atomic E-state index is 12.0. The standard InChI is InChI=1S/C13H15BrN2O3S/c1-4-19-13(18)9-5-10-8(6-11(14)20-10)16(9)7-12(17)15(2)3/h5-6H,4,7H2,1-3H3. The zero-order valence-corrected chi connectivity index (χ0v) is 13.9. The number of rotatable bonds is 4. The number of nitrogens with zero attached hydrogens (tertiary/aromatic N) is 2. The molecule has 0 saturated carbocycles. The lowest BCUT2D eigenvalue weighted by Crippen LogP contribution is -2.27. The van der Waals surface area contributed by atoms with Gasteiger partial charge in [-0.3, -0.25) is 4.79 Å². The van der Waals surface area contributed by atoms with E-state index in [4.69, 9.17) is 4.74 Å². The third-order valence-corrected chi connectivity index (χ3v) is 4.41. The van der Waals surface area contributed by atoms with Gasteiger partial charge >= 0.3 is 5.97 Å². The number of aromatic nitrogens is 1. The molecule has 108 valence electrons. The van der Waals surface area contributed by atoms with E-state index in [0.717, 1.165) is 14.0 Å². The van der Waals surface area contributed by atoms with Crippen LogP contribution >= 0.6 is 27.3 Å². The third-order valence-electron chi connectivity index (χ3n) is 2.84. The minimum Gasteiger partial charge on any atom is -0.461 e. The summed E-state index contributed by atoms with van der Waals surface area (Å²) in [4.78, 5) is 25.4. The molecule has 0 saturated heterocycles. The predicted molar refractivity (Wildman–Crippen MR) is 82.2 cm³/mol. The van der Waals surface area contributed by atoms with Crippen LogP contribution in [0.1, 0.15) is 17.4 Å². The molecule has 0 aliphatic carbocycles. The van der Waals surface area contributed by atoms with Crippen LogP contribution in [0.3, 0.4) is 0 Å². The molecule has 2 aromatic heterocycles. The van der Waals surface area contributed by atoms with Crippen molar-refractivity contribution >= 4 is 49.4 Å². The van der Waals surface area contributed by atoms with Crippen molar-refractivity contribution in [1.29, 1.82) is 0 Å². The first kappa shape index (κ1) is 15.1. The van der Waals surface area contributed by atoms with Gasteiger partial charge in [-0.2, -0.15) is 0 Å². The molecule has 0 atom stereocenters. The van der Waals surface area contributed by atoms with E-state index in [1.807, 2.05) is 6.07 Å². The molecule has 0 bridgehead atoms. The molecule has 0 unspecified atom stereocenters. The highest BCUT2D eigenvalue weighted by Gasteiger charge is 2.20. The van der Waals surface area contributed by atoms with Gasteiger partial charge in [0.1, 0.15) is 12.2 Å². The lowest BCUT2D eigenvalue weighted by molar-refractivity contribution is -0.129. The molecule has 0 spiro atoms. The molecule has 5 nitrogen and oxygen atoms in total. The van der Waals surface area contributed by atoms with Gasteiger partial charge in [-0.05, 0) is 35.0 Å². The number of hydrogen-bond acceptors (Lipinski definition) is 4. The first-order valence-corrected chi connectivity index (χ1v) is 7.70. The molecule has 7 heteroatoms. The van der Waals surface area contributed by atoms with Crippen LogP contribution in [0, 0.1) is 0 Å². The van der Waals surface area contributed by atoms with Gasteiger partial charge in [0, 0.05) is 14.1 Å². The summed E-state index contributed by atoms with van der Waals surface area (Å²) in [6.45, 7) is 2.19. The number of fused-ring (bicyclic) bond motifs is 1. The van der Waals surface area contributed by atoms with E-state index < -0.39 is 5.97 Å². The highest BCUT2D eigenvalue weighted by Crippen LogP contribution is 2.32. The topological polar surface area (TPSA) is 51.5 Å². The van der Waals surface area contributed by atoms with Crippen LogP contribution < -0.4 is 0 Å². The van der Waals surface area contributed by atoms with E-state index >= 15 is 0 Å². The van der Waals surface area contributed by atoms with Gasteiger partial charge in [-0.25, -0.2) is 4.79 Å². The van der Waals surface area contributed by atoms with E-state index in [1.165, 1.54) is 16.2 Å². The Morgan fingerprint density at radius 2 is 2.10 bits per heavy atom. The molecule has 1 amide bonds. The molecular weight excluding hydrogens is 344 g/mol. The molecule has 2 heterocycles. The second kappa shape index (κ2) is 5.97.